The largest absolute Gasteiger partial charge is 0.444 e. The molecule has 4 bridgehead atoms. The minimum absolute atomic E-state index is 0.208. The second-order valence-electron chi connectivity index (χ2n) is 16.7. The Morgan fingerprint density at radius 2 is 1.71 bits per heavy atom. The maximum Gasteiger partial charge on any atom is 0.410 e. The zero-order valence-corrected chi connectivity index (χ0v) is 32.3. The quantitative estimate of drug-likeness (QED) is 0.287. The first-order valence-corrected chi connectivity index (χ1v) is 19.5. The normalized spacial score (nSPS) is 21.8. The highest BCUT2D eigenvalue weighted by atomic mass is 32.2. The molecule has 13 heteroatoms. The van der Waals surface area contributed by atoms with Gasteiger partial charge in [0, 0.05) is 36.3 Å². The molecule has 0 unspecified atom stereocenters. The van der Waals surface area contributed by atoms with E-state index in [2.05, 4.69) is 54.5 Å². The number of sulfonamides is 1. The number of amides is 2. The first-order chi connectivity index (χ1) is 24.3. The molecule has 278 valence electrons. The molecule has 0 radical (unpaired) electrons. The second-order valence-corrected chi connectivity index (χ2v) is 18.4. The van der Waals surface area contributed by atoms with Crippen molar-refractivity contribution in [1.29, 1.82) is 0 Å². The van der Waals surface area contributed by atoms with E-state index >= 15 is 0 Å². The van der Waals surface area contributed by atoms with Crippen molar-refractivity contribution < 1.29 is 22.7 Å². The van der Waals surface area contributed by atoms with Gasteiger partial charge in [-0.1, -0.05) is 39.0 Å². The average Bonchev–Trinajstić information content (AvgIpc) is 3.38. The van der Waals surface area contributed by atoms with Crippen LogP contribution in [0.15, 0.2) is 59.6 Å². The first-order valence-electron chi connectivity index (χ1n) is 18.0. The lowest BCUT2D eigenvalue weighted by Gasteiger charge is -2.34. The Labute approximate surface area is 307 Å². The van der Waals surface area contributed by atoms with Gasteiger partial charge in [-0.05, 0) is 108 Å². The van der Waals surface area contributed by atoms with Gasteiger partial charge in [0.2, 0.25) is 0 Å². The van der Waals surface area contributed by atoms with Gasteiger partial charge in [-0.15, -0.1) is 0 Å². The van der Waals surface area contributed by atoms with E-state index in [0.29, 0.717) is 44.1 Å². The predicted molar refractivity (Wildman–Crippen MR) is 202 cm³/mol. The Morgan fingerprint density at radius 3 is 2.40 bits per heavy atom. The molecule has 3 aliphatic heterocycles. The summed E-state index contributed by atoms with van der Waals surface area (Å²) in [5.74, 6) is 0.366. The molecular weight excluding hydrogens is 679 g/mol. The lowest BCUT2D eigenvalue weighted by molar-refractivity contribution is 0.0270. The van der Waals surface area contributed by atoms with Crippen LogP contribution in [-0.2, 0) is 20.2 Å². The fourth-order valence-electron chi connectivity index (χ4n) is 7.17. The third kappa shape index (κ3) is 8.24. The van der Waals surface area contributed by atoms with Crippen LogP contribution in [0.25, 0.3) is 5.57 Å². The van der Waals surface area contributed by atoms with Gasteiger partial charge in [0.05, 0.1) is 23.0 Å². The lowest BCUT2D eigenvalue weighted by atomic mass is 9.90. The maximum atomic E-state index is 13.8. The number of hydrogen-bond donors (Lipinski definition) is 2. The lowest BCUT2D eigenvalue weighted by Crippen LogP contribution is -2.41. The van der Waals surface area contributed by atoms with Crippen LogP contribution in [0.5, 0.6) is 0 Å². The van der Waals surface area contributed by atoms with Gasteiger partial charge in [-0.2, -0.15) is 8.42 Å². The van der Waals surface area contributed by atoms with E-state index in [1.165, 1.54) is 6.07 Å². The van der Waals surface area contributed by atoms with Crippen molar-refractivity contribution in [3.8, 4) is 0 Å². The Morgan fingerprint density at radius 1 is 0.962 bits per heavy atom. The van der Waals surface area contributed by atoms with Crippen LogP contribution >= 0.6 is 0 Å². The highest BCUT2D eigenvalue weighted by Gasteiger charge is 2.41. The SMILES string of the molecule is CC(C)(C)OC(=O)N1CC=C(c2cccc([C@H]3CC[C@@H]4CN(c5nc(C(C)(C)C)ccc5C(=O)NS(=O)(=O)c5cccc(n5)N3)C(C)(C)C4)n2)CC1. The van der Waals surface area contributed by atoms with Crippen LogP contribution in [0, 0.1) is 5.92 Å². The summed E-state index contributed by atoms with van der Waals surface area (Å²) in [4.78, 5) is 44.9. The highest BCUT2D eigenvalue weighted by molar-refractivity contribution is 7.90. The van der Waals surface area contributed by atoms with Gasteiger partial charge in [0.1, 0.15) is 17.2 Å². The number of hydrogen-bond acceptors (Lipinski definition) is 10. The number of nitrogens with zero attached hydrogens (tertiary/aromatic N) is 5. The van der Waals surface area contributed by atoms with Gasteiger partial charge in [0.25, 0.3) is 15.9 Å². The molecule has 1 fully saturated rings. The Hall–Kier alpha value is -4.52. The summed E-state index contributed by atoms with van der Waals surface area (Å²) in [5.41, 5.74) is 2.52. The van der Waals surface area contributed by atoms with Gasteiger partial charge in [-0.25, -0.2) is 19.5 Å². The summed E-state index contributed by atoms with van der Waals surface area (Å²) in [5, 5.41) is 3.21. The van der Waals surface area contributed by atoms with E-state index in [1.54, 1.807) is 29.2 Å². The van der Waals surface area contributed by atoms with Crippen LogP contribution in [0.4, 0.5) is 16.4 Å². The number of nitrogens with one attached hydrogen (secondary N) is 2. The summed E-state index contributed by atoms with van der Waals surface area (Å²) in [6.07, 6.45) is 4.75. The molecule has 12 nitrogen and oxygen atoms in total. The number of carbonyl (C=O) groups excluding carboxylic acids is 2. The van der Waals surface area contributed by atoms with Crippen LogP contribution in [0.2, 0.25) is 0 Å². The van der Waals surface area contributed by atoms with Crippen molar-refractivity contribution in [2.24, 2.45) is 5.92 Å². The van der Waals surface area contributed by atoms with E-state index in [9.17, 15) is 18.0 Å². The van der Waals surface area contributed by atoms with Crippen LogP contribution in [-0.4, -0.2) is 71.0 Å². The molecule has 0 saturated carbocycles. The number of ether oxygens (including phenoxy) is 1. The molecule has 6 heterocycles. The molecule has 3 aliphatic rings. The van der Waals surface area contributed by atoms with E-state index in [4.69, 9.17) is 14.7 Å². The third-order valence-electron chi connectivity index (χ3n) is 9.83. The molecule has 2 N–H and O–H groups in total. The highest BCUT2D eigenvalue weighted by Crippen LogP contribution is 2.41. The molecule has 1 saturated heterocycles. The minimum atomic E-state index is -4.33. The third-order valence-corrected chi connectivity index (χ3v) is 11.1. The number of aromatic nitrogens is 3. The molecule has 0 aliphatic carbocycles. The Kier molecular flexibility index (Phi) is 9.88. The summed E-state index contributed by atoms with van der Waals surface area (Å²) >= 11 is 0. The number of rotatable bonds is 2. The number of fused-ring (bicyclic) bond motifs is 6. The van der Waals surface area contributed by atoms with E-state index in [1.807, 2.05) is 45.0 Å². The van der Waals surface area contributed by atoms with Crippen LogP contribution < -0.4 is 14.9 Å². The van der Waals surface area contributed by atoms with Gasteiger partial charge < -0.3 is 19.9 Å². The van der Waals surface area contributed by atoms with Gasteiger partial charge in [-0.3, -0.25) is 9.78 Å². The van der Waals surface area contributed by atoms with Gasteiger partial charge >= 0.3 is 6.09 Å². The fraction of sp³-hybridized carbons (Fsp3) is 0.513. The summed E-state index contributed by atoms with van der Waals surface area (Å²) in [7, 11) is -4.33. The van der Waals surface area contributed by atoms with Crippen molar-refractivity contribution in [2.45, 2.75) is 109 Å². The van der Waals surface area contributed by atoms with Gasteiger partial charge in [0.15, 0.2) is 5.03 Å². The zero-order chi connectivity index (χ0) is 37.6. The Bertz CT molecular complexity index is 2000. The summed E-state index contributed by atoms with van der Waals surface area (Å²) in [6, 6.07) is 13.8. The maximum absolute atomic E-state index is 13.8. The van der Waals surface area contributed by atoms with Crippen LogP contribution in [0.1, 0.15) is 115 Å². The molecule has 3 aromatic rings. The molecule has 0 aromatic carbocycles. The standard InChI is InChI=1S/C39H51N7O5S/c1-37(2,3)31-18-16-27-34(42-31)46-24-25(23-39(46,7)8)15-17-30(41-32-13-10-14-33(43-32)52(49,50)44-35(27)47)29-12-9-11-28(40-29)26-19-21-45(22-20-26)36(48)51-38(4,5)6/h9-14,16,18-19,25,30H,15,17,20-24H2,1-8H3,(H,41,43)(H,44,47)/t25-,30+/m0/s1. The van der Waals surface area contributed by atoms with E-state index < -0.39 is 21.5 Å². The molecule has 2 atom stereocenters. The number of anilines is 2. The summed E-state index contributed by atoms with van der Waals surface area (Å²) < 4.78 is 35.1. The minimum Gasteiger partial charge on any atom is -0.444 e. The van der Waals surface area contributed by atoms with Crippen molar-refractivity contribution in [2.75, 3.05) is 29.9 Å². The van der Waals surface area contributed by atoms with E-state index in [-0.39, 0.29) is 39.6 Å². The van der Waals surface area contributed by atoms with Crippen LogP contribution in [0.3, 0.4) is 0 Å². The molecule has 0 spiro atoms. The zero-order valence-electron chi connectivity index (χ0n) is 31.5. The topological polar surface area (TPSA) is 147 Å². The molecule has 6 rings (SSSR count). The average molecular weight is 730 g/mol. The molecule has 52 heavy (non-hydrogen) atoms. The number of pyridine rings is 3. The fourth-order valence-corrected chi connectivity index (χ4v) is 8.10. The summed E-state index contributed by atoms with van der Waals surface area (Å²) in [6.45, 7) is 17.7. The monoisotopic (exact) mass is 729 g/mol. The van der Waals surface area contributed by atoms with Crippen molar-refractivity contribution in [3.63, 3.8) is 0 Å². The molecular formula is C39H51N7O5S. The molecule has 2 amide bonds. The second kappa shape index (κ2) is 13.8. The first kappa shape index (κ1) is 37.2. The predicted octanol–water partition coefficient (Wildman–Crippen LogP) is 6.86. The van der Waals surface area contributed by atoms with Crippen molar-refractivity contribution in [1.82, 2.24) is 24.6 Å². The van der Waals surface area contributed by atoms with E-state index in [0.717, 1.165) is 35.5 Å². The number of carbonyl (C=O) groups is 2. The van der Waals surface area contributed by atoms with Crippen molar-refractivity contribution in [3.05, 3.63) is 77.3 Å². The smallest absolute Gasteiger partial charge is 0.410 e. The van der Waals surface area contributed by atoms with Crippen molar-refractivity contribution >= 4 is 39.2 Å². The Balaban J connectivity index is 1.34. The molecule has 3 aromatic heterocycles.